The standard InChI is InChI=1S/C11H16ClNO2/c1-3-4-5-15-10-6-9(7-12)13-8-11(10)14-2/h6,8H,3-5,7H2,1-2H3. The van der Waals surface area contributed by atoms with Gasteiger partial charge in [-0.25, -0.2) is 0 Å². The number of alkyl halides is 1. The van der Waals surface area contributed by atoms with Crippen LogP contribution < -0.4 is 9.47 Å². The lowest BCUT2D eigenvalue weighted by molar-refractivity contribution is 0.287. The molecular weight excluding hydrogens is 214 g/mol. The molecule has 0 atom stereocenters. The Morgan fingerprint density at radius 2 is 2.20 bits per heavy atom. The number of nitrogens with zero attached hydrogens (tertiary/aromatic N) is 1. The summed E-state index contributed by atoms with van der Waals surface area (Å²) in [5, 5.41) is 0. The highest BCUT2D eigenvalue weighted by Gasteiger charge is 2.06. The topological polar surface area (TPSA) is 31.4 Å². The maximum atomic E-state index is 5.70. The minimum absolute atomic E-state index is 0.383. The molecule has 0 bridgehead atoms. The van der Waals surface area contributed by atoms with Crippen molar-refractivity contribution in [2.45, 2.75) is 25.6 Å². The lowest BCUT2D eigenvalue weighted by Gasteiger charge is -2.10. The molecule has 84 valence electrons. The van der Waals surface area contributed by atoms with Gasteiger partial charge in [0.05, 0.1) is 31.5 Å². The van der Waals surface area contributed by atoms with Crippen molar-refractivity contribution in [2.75, 3.05) is 13.7 Å². The van der Waals surface area contributed by atoms with Crippen molar-refractivity contribution >= 4 is 11.6 Å². The highest BCUT2D eigenvalue weighted by molar-refractivity contribution is 6.16. The molecule has 1 rings (SSSR count). The van der Waals surface area contributed by atoms with Crippen molar-refractivity contribution < 1.29 is 9.47 Å². The maximum absolute atomic E-state index is 5.70. The monoisotopic (exact) mass is 229 g/mol. The molecule has 1 heterocycles. The lowest BCUT2D eigenvalue weighted by Crippen LogP contribution is -2.00. The van der Waals surface area contributed by atoms with Crippen LogP contribution >= 0.6 is 11.6 Å². The number of aromatic nitrogens is 1. The van der Waals surface area contributed by atoms with E-state index in [4.69, 9.17) is 21.1 Å². The number of hydrogen-bond acceptors (Lipinski definition) is 3. The van der Waals surface area contributed by atoms with Crippen molar-refractivity contribution in [1.82, 2.24) is 4.98 Å². The van der Waals surface area contributed by atoms with Crippen LogP contribution in [-0.4, -0.2) is 18.7 Å². The van der Waals surface area contributed by atoms with Crippen LogP contribution in [0.2, 0.25) is 0 Å². The van der Waals surface area contributed by atoms with Crippen molar-refractivity contribution in [2.24, 2.45) is 0 Å². The third-order valence-corrected chi connectivity index (χ3v) is 2.27. The van der Waals surface area contributed by atoms with Crippen LogP contribution in [0, 0.1) is 0 Å². The van der Waals surface area contributed by atoms with E-state index in [0.717, 1.165) is 24.3 Å². The van der Waals surface area contributed by atoms with Gasteiger partial charge in [0.25, 0.3) is 0 Å². The Hall–Kier alpha value is -0.960. The normalized spacial score (nSPS) is 10.1. The zero-order valence-corrected chi connectivity index (χ0v) is 9.88. The summed E-state index contributed by atoms with van der Waals surface area (Å²) >= 11 is 5.70. The first kappa shape index (κ1) is 12.1. The molecule has 0 aliphatic carbocycles. The van der Waals surface area contributed by atoms with Gasteiger partial charge < -0.3 is 9.47 Å². The molecule has 0 aliphatic rings. The Morgan fingerprint density at radius 3 is 2.80 bits per heavy atom. The van der Waals surface area contributed by atoms with E-state index in [0.29, 0.717) is 18.2 Å². The van der Waals surface area contributed by atoms with Gasteiger partial charge >= 0.3 is 0 Å². The predicted octanol–water partition coefficient (Wildman–Crippen LogP) is 3.01. The van der Waals surface area contributed by atoms with Gasteiger partial charge in [0.15, 0.2) is 11.5 Å². The second-order valence-electron chi connectivity index (χ2n) is 3.16. The number of pyridine rings is 1. The smallest absolute Gasteiger partial charge is 0.179 e. The van der Waals surface area contributed by atoms with Crippen LogP contribution in [0.5, 0.6) is 11.5 Å². The second kappa shape index (κ2) is 6.51. The quantitative estimate of drug-likeness (QED) is 0.555. The molecule has 1 aromatic rings. The van der Waals surface area contributed by atoms with Crippen molar-refractivity contribution in [3.8, 4) is 11.5 Å². The lowest BCUT2D eigenvalue weighted by atomic mass is 10.3. The summed E-state index contributed by atoms with van der Waals surface area (Å²) in [6.45, 7) is 2.82. The van der Waals surface area contributed by atoms with E-state index in [1.807, 2.05) is 6.07 Å². The zero-order chi connectivity index (χ0) is 11.1. The first-order chi connectivity index (χ1) is 7.31. The van der Waals surface area contributed by atoms with Gasteiger partial charge in [0.1, 0.15) is 0 Å². The summed E-state index contributed by atoms with van der Waals surface area (Å²) in [6, 6.07) is 1.82. The molecule has 0 fully saturated rings. The van der Waals surface area contributed by atoms with Crippen molar-refractivity contribution in [3.05, 3.63) is 18.0 Å². The molecule has 15 heavy (non-hydrogen) atoms. The predicted molar refractivity (Wildman–Crippen MR) is 60.7 cm³/mol. The Kier molecular flexibility index (Phi) is 5.26. The molecule has 0 spiro atoms. The highest BCUT2D eigenvalue weighted by Crippen LogP contribution is 2.27. The molecule has 0 saturated carbocycles. The summed E-state index contributed by atoms with van der Waals surface area (Å²) in [5.41, 5.74) is 0.795. The number of unbranched alkanes of at least 4 members (excludes halogenated alkanes) is 1. The SMILES string of the molecule is CCCCOc1cc(CCl)ncc1OC. The van der Waals surface area contributed by atoms with Crippen LogP contribution in [0.3, 0.4) is 0 Å². The molecular formula is C11H16ClNO2. The van der Waals surface area contributed by atoms with Crippen molar-refractivity contribution in [3.63, 3.8) is 0 Å². The van der Waals surface area contributed by atoms with Gasteiger partial charge in [0, 0.05) is 6.07 Å². The Bertz CT molecular complexity index is 305. The van der Waals surface area contributed by atoms with Gasteiger partial charge in [-0.3, -0.25) is 4.98 Å². The van der Waals surface area contributed by atoms with Gasteiger partial charge in [-0.15, -0.1) is 11.6 Å². The van der Waals surface area contributed by atoms with Crippen LogP contribution in [0.1, 0.15) is 25.5 Å². The zero-order valence-electron chi connectivity index (χ0n) is 9.12. The average molecular weight is 230 g/mol. The van der Waals surface area contributed by atoms with E-state index in [-0.39, 0.29) is 0 Å². The van der Waals surface area contributed by atoms with E-state index >= 15 is 0 Å². The minimum atomic E-state index is 0.383. The van der Waals surface area contributed by atoms with Crippen LogP contribution in [0.4, 0.5) is 0 Å². The first-order valence-electron chi connectivity index (χ1n) is 5.03. The fourth-order valence-corrected chi connectivity index (χ4v) is 1.28. The number of halogens is 1. The third-order valence-electron chi connectivity index (χ3n) is 2.00. The molecule has 4 heteroatoms. The molecule has 0 aliphatic heterocycles. The average Bonchev–Trinajstić information content (AvgIpc) is 2.29. The second-order valence-corrected chi connectivity index (χ2v) is 3.43. The Labute approximate surface area is 95.4 Å². The van der Waals surface area contributed by atoms with E-state index in [1.165, 1.54) is 0 Å². The molecule has 1 aromatic heterocycles. The van der Waals surface area contributed by atoms with Crippen molar-refractivity contribution in [1.29, 1.82) is 0 Å². The summed E-state index contributed by atoms with van der Waals surface area (Å²) < 4.78 is 10.7. The van der Waals surface area contributed by atoms with E-state index in [2.05, 4.69) is 11.9 Å². The number of methoxy groups -OCH3 is 1. The fourth-order valence-electron chi connectivity index (χ4n) is 1.13. The maximum Gasteiger partial charge on any atom is 0.179 e. The van der Waals surface area contributed by atoms with E-state index < -0.39 is 0 Å². The van der Waals surface area contributed by atoms with Gasteiger partial charge in [-0.1, -0.05) is 13.3 Å². The molecule has 0 saturated heterocycles. The molecule has 0 unspecified atom stereocenters. The van der Waals surface area contributed by atoms with Crippen LogP contribution in [-0.2, 0) is 5.88 Å². The number of ether oxygens (including phenoxy) is 2. The van der Waals surface area contributed by atoms with Gasteiger partial charge in [0.2, 0.25) is 0 Å². The molecule has 3 nitrogen and oxygen atoms in total. The van der Waals surface area contributed by atoms with E-state index in [1.54, 1.807) is 13.3 Å². The van der Waals surface area contributed by atoms with Crippen LogP contribution in [0.15, 0.2) is 12.3 Å². The Balaban J connectivity index is 2.72. The number of rotatable bonds is 6. The molecule has 0 radical (unpaired) electrons. The fraction of sp³-hybridized carbons (Fsp3) is 0.545. The van der Waals surface area contributed by atoms with E-state index in [9.17, 15) is 0 Å². The summed E-state index contributed by atoms with van der Waals surface area (Å²) in [5.74, 6) is 1.75. The minimum Gasteiger partial charge on any atom is -0.491 e. The van der Waals surface area contributed by atoms with Gasteiger partial charge in [-0.05, 0) is 6.42 Å². The summed E-state index contributed by atoms with van der Waals surface area (Å²) in [7, 11) is 1.60. The largest absolute Gasteiger partial charge is 0.491 e. The Morgan fingerprint density at radius 1 is 1.40 bits per heavy atom. The third kappa shape index (κ3) is 3.59. The summed E-state index contributed by atoms with van der Waals surface area (Å²) in [4.78, 5) is 4.12. The molecule has 0 aromatic carbocycles. The first-order valence-corrected chi connectivity index (χ1v) is 5.57. The summed E-state index contributed by atoms with van der Waals surface area (Å²) in [6.07, 6.45) is 3.77. The van der Waals surface area contributed by atoms with Crippen LogP contribution in [0.25, 0.3) is 0 Å². The number of hydrogen-bond donors (Lipinski definition) is 0. The molecule has 0 amide bonds. The van der Waals surface area contributed by atoms with Gasteiger partial charge in [-0.2, -0.15) is 0 Å². The highest BCUT2D eigenvalue weighted by atomic mass is 35.5. The molecule has 0 N–H and O–H groups in total.